The van der Waals surface area contributed by atoms with Gasteiger partial charge < -0.3 is 14.6 Å². The Morgan fingerprint density at radius 1 is 1.37 bits per heavy atom. The normalized spacial score (nSPS) is 12.4. The summed E-state index contributed by atoms with van der Waals surface area (Å²) in [5.74, 6) is 0.837. The topological polar surface area (TPSA) is 39.1 Å². The molecule has 2 aromatic rings. The van der Waals surface area contributed by atoms with Crippen LogP contribution in [-0.4, -0.2) is 23.3 Å². The maximum absolute atomic E-state index is 5.21. The Labute approximate surface area is 121 Å². The monoisotopic (exact) mass is 323 g/mol. The van der Waals surface area contributed by atoms with Gasteiger partial charge in [0.15, 0.2) is 0 Å². The molecule has 0 aliphatic heterocycles. The lowest BCUT2D eigenvalue weighted by Gasteiger charge is -2.16. The maximum Gasteiger partial charge on any atom is 0.207 e. The molecule has 1 aromatic heterocycles. The Balaban J connectivity index is 2.22. The zero-order valence-electron chi connectivity index (χ0n) is 11.4. The van der Waals surface area contributed by atoms with Gasteiger partial charge in [0.05, 0.1) is 18.3 Å². The van der Waals surface area contributed by atoms with Gasteiger partial charge in [0.2, 0.25) is 5.95 Å². The van der Waals surface area contributed by atoms with E-state index in [9.17, 15) is 0 Å². The van der Waals surface area contributed by atoms with Crippen LogP contribution in [0, 0.1) is 6.92 Å². The van der Waals surface area contributed by atoms with Gasteiger partial charge in [-0.3, -0.25) is 0 Å². The van der Waals surface area contributed by atoms with Crippen LogP contribution < -0.4 is 5.32 Å². The number of aromatic nitrogens is 2. The third kappa shape index (κ3) is 3.58. The highest BCUT2D eigenvalue weighted by molar-refractivity contribution is 9.10. The van der Waals surface area contributed by atoms with Gasteiger partial charge in [-0.05, 0) is 38.1 Å². The number of benzene rings is 1. The van der Waals surface area contributed by atoms with E-state index in [1.165, 1.54) is 0 Å². The zero-order valence-corrected chi connectivity index (χ0v) is 12.9. The lowest BCUT2D eigenvalue weighted by Crippen LogP contribution is -2.12. The van der Waals surface area contributed by atoms with E-state index >= 15 is 0 Å². The summed E-state index contributed by atoms with van der Waals surface area (Å²) < 4.78 is 8.36. The molecule has 1 aromatic carbocycles. The molecular formula is C14H18BrN3O. The Morgan fingerprint density at radius 2 is 2.05 bits per heavy atom. The summed E-state index contributed by atoms with van der Waals surface area (Å²) >= 11 is 3.43. The first-order chi connectivity index (χ1) is 9.10. The van der Waals surface area contributed by atoms with Crippen molar-refractivity contribution in [1.82, 2.24) is 9.55 Å². The number of nitrogens with zero attached hydrogens (tertiary/aromatic N) is 2. The first-order valence-electron chi connectivity index (χ1n) is 6.17. The van der Waals surface area contributed by atoms with Gasteiger partial charge in [-0.25, -0.2) is 4.98 Å². The number of imidazole rings is 1. The molecule has 4 nitrogen and oxygen atoms in total. The number of rotatable bonds is 5. The Hall–Kier alpha value is -1.33. The molecule has 19 heavy (non-hydrogen) atoms. The van der Waals surface area contributed by atoms with Gasteiger partial charge in [0, 0.05) is 23.5 Å². The fourth-order valence-electron chi connectivity index (χ4n) is 1.93. The third-order valence-electron chi connectivity index (χ3n) is 2.84. The minimum absolute atomic E-state index is 0.240. The number of nitrogens with one attached hydrogen (secondary N) is 1. The van der Waals surface area contributed by atoms with Crippen molar-refractivity contribution in [3.05, 3.63) is 40.6 Å². The van der Waals surface area contributed by atoms with Crippen LogP contribution in [0.15, 0.2) is 34.9 Å². The summed E-state index contributed by atoms with van der Waals surface area (Å²) in [7, 11) is 1.71. The van der Waals surface area contributed by atoms with Crippen molar-refractivity contribution in [3.63, 3.8) is 0 Å². The second kappa shape index (κ2) is 6.21. The summed E-state index contributed by atoms with van der Waals surface area (Å²) in [4.78, 5) is 4.52. The van der Waals surface area contributed by atoms with Crippen molar-refractivity contribution in [1.29, 1.82) is 0 Å². The lowest BCUT2D eigenvalue weighted by molar-refractivity contribution is 0.163. The molecule has 1 atom stereocenters. The molecule has 1 heterocycles. The van der Waals surface area contributed by atoms with Gasteiger partial charge >= 0.3 is 0 Å². The standard InChI is InChI=1S/C14H18BrN3O/c1-10-8-18(11(2)9-19-3)14(16-10)17-13-6-4-12(15)5-7-13/h4-8,11H,9H2,1-3H3,(H,16,17). The Kier molecular flexibility index (Phi) is 4.61. The fourth-order valence-corrected chi connectivity index (χ4v) is 2.19. The number of halogens is 1. The van der Waals surface area contributed by atoms with Crippen molar-refractivity contribution in [2.24, 2.45) is 0 Å². The fraction of sp³-hybridized carbons (Fsp3) is 0.357. The zero-order chi connectivity index (χ0) is 13.8. The van der Waals surface area contributed by atoms with Gasteiger partial charge in [-0.15, -0.1) is 0 Å². The molecule has 0 saturated heterocycles. The van der Waals surface area contributed by atoms with Crippen molar-refractivity contribution in [3.8, 4) is 0 Å². The van der Waals surface area contributed by atoms with Crippen LogP contribution in [0.25, 0.3) is 0 Å². The average Bonchev–Trinajstić information content (AvgIpc) is 2.74. The van der Waals surface area contributed by atoms with Gasteiger partial charge in [-0.1, -0.05) is 15.9 Å². The highest BCUT2D eigenvalue weighted by Gasteiger charge is 2.11. The van der Waals surface area contributed by atoms with E-state index in [-0.39, 0.29) is 6.04 Å². The molecule has 0 amide bonds. The summed E-state index contributed by atoms with van der Waals surface area (Å²) in [6.07, 6.45) is 2.03. The van der Waals surface area contributed by atoms with Gasteiger partial charge in [0.25, 0.3) is 0 Å². The molecule has 0 bridgehead atoms. The number of ether oxygens (including phenoxy) is 1. The van der Waals surface area contributed by atoms with Crippen LogP contribution in [0.1, 0.15) is 18.7 Å². The molecule has 0 fully saturated rings. The SMILES string of the molecule is COCC(C)n1cc(C)nc1Nc1ccc(Br)cc1. The maximum atomic E-state index is 5.21. The molecular weight excluding hydrogens is 306 g/mol. The van der Waals surface area contributed by atoms with Crippen molar-refractivity contribution in [2.45, 2.75) is 19.9 Å². The number of hydrogen-bond acceptors (Lipinski definition) is 3. The number of aryl methyl sites for hydroxylation is 1. The molecule has 0 spiro atoms. The molecule has 0 radical (unpaired) electrons. The van der Waals surface area contributed by atoms with Crippen molar-refractivity contribution in [2.75, 3.05) is 19.0 Å². The Morgan fingerprint density at radius 3 is 2.68 bits per heavy atom. The van der Waals surface area contributed by atoms with Crippen molar-refractivity contribution >= 4 is 27.6 Å². The quantitative estimate of drug-likeness (QED) is 0.906. The highest BCUT2D eigenvalue weighted by atomic mass is 79.9. The van der Waals surface area contributed by atoms with E-state index in [2.05, 4.69) is 37.7 Å². The summed E-state index contributed by atoms with van der Waals surface area (Å²) in [5, 5.41) is 3.34. The largest absolute Gasteiger partial charge is 0.383 e. The second-order valence-corrected chi connectivity index (χ2v) is 5.47. The molecule has 0 aliphatic carbocycles. The second-order valence-electron chi connectivity index (χ2n) is 4.55. The highest BCUT2D eigenvalue weighted by Crippen LogP contribution is 2.22. The lowest BCUT2D eigenvalue weighted by atomic mass is 10.3. The summed E-state index contributed by atoms with van der Waals surface area (Å²) in [6.45, 7) is 4.75. The molecule has 5 heteroatoms. The van der Waals surface area contributed by atoms with Crippen LogP contribution in [0.3, 0.4) is 0 Å². The minimum Gasteiger partial charge on any atom is -0.383 e. The van der Waals surface area contributed by atoms with E-state index < -0.39 is 0 Å². The molecule has 0 saturated carbocycles. The number of methoxy groups -OCH3 is 1. The molecule has 1 N–H and O–H groups in total. The van der Waals surface area contributed by atoms with E-state index in [1.807, 2.05) is 37.4 Å². The summed E-state index contributed by atoms with van der Waals surface area (Å²) in [6, 6.07) is 8.27. The van der Waals surface area contributed by atoms with Crippen LogP contribution in [0.2, 0.25) is 0 Å². The van der Waals surface area contributed by atoms with Crippen molar-refractivity contribution < 1.29 is 4.74 Å². The predicted octanol–water partition coefficient (Wildman–Crippen LogP) is 3.91. The average molecular weight is 324 g/mol. The van der Waals surface area contributed by atoms with Crippen LogP contribution >= 0.6 is 15.9 Å². The van der Waals surface area contributed by atoms with Gasteiger partial charge in [-0.2, -0.15) is 0 Å². The van der Waals surface area contributed by atoms with Crippen LogP contribution in [-0.2, 0) is 4.74 Å². The third-order valence-corrected chi connectivity index (χ3v) is 3.36. The van der Waals surface area contributed by atoms with Gasteiger partial charge in [0.1, 0.15) is 0 Å². The number of hydrogen-bond donors (Lipinski definition) is 1. The molecule has 2 rings (SSSR count). The van der Waals surface area contributed by atoms with E-state index in [0.29, 0.717) is 6.61 Å². The van der Waals surface area contributed by atoms with E-state index in [4.69, 9.17) is 4.74 Å². The minimum atomic E-state index is 0.240. The molecule has 102 valence electrons. The first kappa shape index (κ1) is 14.1. The first-order valence-corrected chi connectivity index (χ1v) is 6.96. The molecule has 0 aliphatic rings. The number of anilines is 2. The van der Waals surface area contributed by atoms with E-state index in [0.717, 1.165) is 21.8 Å². The predicted molar refractivity (Wildman–Crippen MR) is 81.0 cm³/mol. The summed E-state index contributed by atoms with van der Waals surface area (Å²) in [5.41, 5.74) is 2.00. The van der Waals surface area contributed by atoms with Crippen LogP contribution in [0.5, 0.6) is 0 Å². The van der Waals surface area contributed by atoms with Crippen LogP contribution in [0.4, 0.5) is 11.6 Å². The smallest absolute Gasteiger partial charge is 0.207 e. The Bertz CT molecular complexity index is 536. The van der Waals surface area contributed by atoms with E-state index in [1.54, 1.807) is 7.11 Å². The molecule has 1 unspecified atom stereocenters.